The van der Waals surface area contributed by atoms with Crippen LogP contribution in [0.25, 0.3) is 27.7 Å². The maximum absolute atomic E-state index is 13.7. The number of fused-ring (bicyclic) bond motifs is 3. The van der Waals surface area contributed by atoms with Gasteiger partial charge in [0.05, 0.1) is 11.6 Å². The maximum atomic E-state index is 13.7. The van der Waals surface area contributed by atoms with Gasteiger partial charge in [-0.05, 0) is 65.7 Å². The van der Waals surface area contributed by atoms with Gasteiger partial charge in [0.1, 0.15) is 11.5 Å². The van der Waals surface area contributed by atoms with E-state index in [0.29, 0.717) is 0 Å². The average molecular weight is 434 g/mol. The van der Waals surface area contributed by atoms with Gasteiger partial charge in [0, 0.05) is 24.0 Å². The summed E-state index contributed by atoms with van der Waals surface area (Å²) in [5.41, 5.74) is 6.33. The first kappa shape index (κ1) is 20.7. The average Bonchev–Trinajstić information content (AvgIpc) is 3.33. The molecule has 0 amide bonds. The monoisotopic (exact) mass is 433 g/mol. The minimum Gasteiger partial charge on any atom is -0.344 e. The molecule has 33 heavy (non-hydrogen) atoms. The Morgan fingerprint density at radius 3 is 2.45 bits per heavy atom. The number of benzene rings is 3. The third-order valence-corrected chi connectivity index (χ3v) is 5.93. The van der Waals surface area contributed by atoms with E-state index in [4.69, 9.17) is 0 Å². The Balaban J connectivity index is 1.78. The van der Waals surface area contributed by atoms with Crippen LogP contribution in [0.15, 0.2) is 116 Å². The molecule has 5 aromatic rings. The van der Waals surface area contributed by atoms with Crippen LogP contribution in [0.3, 0.4) is 0 Å². The molecule has 0 saturated heterocycles. The van der Waals surface area contributed by atoms with Crippen LogP contribution in [0.1, 0.15) is 24.1 Å². The fraction of sp³-hybridized carbons (Fsp3) is 0.0690. The number of aromatic nitrogens is 2. The molecular formula is C29H24FN3. The van der Waals surface area contributed by atoms with Gasteiger partial charge in [0.15, 0.2) is 0 Å². The fourth-order valence-electron chi connectivity index (χ4n) is 4.44. The highest BCUT2D eigenvalue weighted by molar-refractivity contribution is 5.97. The molecule has 0 N–H and O–H groups in total. The number of rotatable bonds is 6. The van der Waals surface area contributed by atoms with Crippen LogP contribution in [0.2, 0.25) is 0 Å². The van der Waals surface area contributed by atoms with Gasteiger partial charge in [0.25, 0.3) is 0 Å². The van der Waals surface area contributed by atoms with Gasteiger partial charge in [-0.1, -0.05) is 61.2 Å². The largest absolute Gasteiger partial charge is 0.344 e. The molecule has 2 aromatic heterocycles. The predicted octanol–water partition coefficient (Wildman–Crippen LogP) is 7.36. The standard InChI is InChI=1S/C29H24FN3/c1-3-17-32(4-2)29(22-10-13-24(30)14-11-22)23-12-15-27-26(19-23)25(21-8-6-5-7-9-21)20-28-31-16-18-33(27)28/h3-20,29H,2H2,1H3/b17-3-. The topological polar surface area (TPSA) is 20.5 Å². The van der Waals surface area contributed by atoms with E-state index in [1.165, 1.54) is 12.1 Å². The van der Waals surface area contributed by atoms with Crippen LogP contribution in [-0.2, 0) is 0 Å². The molecule has 0 bridgehead atoms. The van der Waals surface area contributed by atoms with Crippen molar-refractivity contribution in [1.29, 1.82) is 0 Å². The van der Waals surface area contributed by atoms with Gasteiger partial charge in [-0.3, -0.25) is 4.40 Å². The van der Waals surface area contributed by atoms with Gasteiger partial charge >= 0.3 is 0 Å². The Morgan fingerprint density at radius 1 is 0.970 bits per heavy atom. The lowest BCUT2D eigenvalue weighted by atomic mass is 9.93. The fourth-order valence-corrected chi connectivity index (χ4v) is 4.44. The normalized spacial score (nSPS) is 12.4. The molecule has 0 aliphatic carbocycles. The van der Waals surface area contributed by atoms with E-state index in [1.54, 1.807) is 6.20 Å². The summed E-state index contributed by atoms with van der Waals surface area (Å²) in [5, 5.41) is 1.13. The molecule has 3 nitrogen and oxygen atoms in total. The highest BCUT2D eigenvalue weighted by atomic mass is 19.1. The summed E-state index contributed by atoms with van der Waals surface area (Å²) in [6.45, 7) is 5.99. The second-order valence-electron chi connectivity index (χ2n) is 7.92. The Bertz CT molecular complexity index is 1450. The van der Waals surface area contributed by atoms with Gasteiger partial charge < -0.3 is 4.90 Å². The SMILES string of the molecule is C=CN(/C=C\C)C(c1ccc(F)cc1)c1ccc2c(c1)c(-c1ccccc1)cc1nccn12. The van der Waals surface area contributed by atoms with Crippen molar-refractivity contribution in [2.24, 2.45) is 0 Å². The second kappa shape index (κ2) is 8.75. The van der Waals surface area contributed by atoms with Gasteiger partial charge in [-0.25, -0.2) is 9.37 Å². The summed E-state index contributed by atoms with van der Waals surface area (Å²) in [6, 6.07) is 25.5. The molecule has 0 aliphatic heterocycles. The summed E-state index contributed by atoms with van der Waals surface area (Å²) in [6.07, 6.45) is 9.57. The molecule has 2 heterocycles. The number of allylic oxidation sites excluding steroid dienone is 1. The van der Waals surface area contributed by atoms with E-state index in [1.807, 2.05) is 66.8 Å². The molecule has 5 rings (SSSR count). The zero-order valence-electron chi connectivity index (χ0n) is 18.4. The van der Waals surface area contributed by atoms with Gasteiger partial charge in [-0.2, -0.15) is 0 Å². The maximum Gasteiger partial charge on any atom is 0.137 e. The van der Waals surface area contributed by atoms with E-state index in [0.717, 1.165) is 38.8 Å². The first-order valence-corrected chi connectivity index (χ1v) is 10.9. The van der Waals surface area contributed by atoms with Crippen LogP contribution in [0.5, 0.6) is 0 Å². The lowest BCUT2D eigenvalue weighted by molar-refractivity contribution is 0.428. The summed E-state index contributed by atoms with van der Waals surface area (Å²) in [4.78, 5) is 6.58. The molecule has 3 aromatic carbocycles. The van der Waals surface area contributed by atoms with E-state index in [2.05, 4.69) is 52.4 Å². The molecule has 0 spiro atoms. The van der Waals surface area contributed by atoms with Crippen molar-refractivity contribution in [3.8, 4) is 11.1 Å². The summed E-state index contributed by atoms with van der Waals surface area (Å²) in [7, 11) is 0. The smallest absolute Gasteiger partial charge is 0.137 e. The van der Waals surface area contributed by atoms with Crippen molar-refractivity contribution in [3.05, 3.63) is 133 Å². The van der Waals surface area contributed by atoms with E-state index < -0.39 is 0 Å². The Labute approximate surface area is 192 Å². The molecule has 1 unspecified atom stereocenters. The zero-order chi connectivity index (χ0) is 22.8. The van der Waals surface area contributed by atoms with Crippen LogP contribution in [-0.4, -0.2) is 14.3 Å². The summed E-state index contributed by atoms with van der Waals surface area (Å²) in [5.74, 6) is -0.249. The van der Waals surface area contributed by atoms with Crippen molar-refractivity contribution < 1.29 is 4.39 Å². The first-order valence-electron chi connectivity index (χ1n) is 10.9. The lowest BCUT2D eigenvalue weighted by Crippen LogP contribution is -2.19. The Kier molecular flexibility index (Phi) is 5.49. The number of imidazole rings is 1. The quantitative estimate of drug-likeness (QED) is 0.279. The van der Waals surface area contributed by atoms with Crippen molar-refractivity contribution >= 4 is 16.6 Å². The first-order chi connectivity index (χ1) is 16.2. The van der Waals surface area contributed by atoms with Crippen molar-refractivity contribution in [2.75, 3.05) is 0 Å². The number of hydrogen-bond acceptors (Lipinski definition) is 2. The molecule has 0 saturated carbocycles. The highest BCUT2D eigenvalue weighted by Crippen LogP contribution is 2.36. The number of nitrogens with zero attached hydrogens (tertiary/aromatic N) is 3. The lowest BCUT2D eigenvalue weighted by Gasteiger charge is -2.29. The molecular weight excluding hydrogens is 409 g/mol. The summed E-state index contributed by atoms with van der Waals surface area (Å²) >= 11 is 0. The molecule has 1 atom stereocenters. The molecule has 0 aliphatic rings. The molecule has 0 fully saturated rings. The minimum atomic E-state index is -0.249. The third-order valence-electron chi connectivity index (χ3n) is 5.93. The van der Waals surface area contributed by atoms with Crippen LogP contribution < -0.4 is 0 Å². The van der Waals surface area contributed by atoms with Crippen molar-refractivity contribution in [3.63, 3.8) is 0 Å². The number of pyridine rings is 1. The van der Waals surface area contributed by atoms with E-state index in [-0.39, 0.29) is 11.9 Å². The van der Waals surface area contributed by atoms with Gasteiger partial charge in [0.2, 0.25) is 0 Å². The highest BCUT2D eigenvalue weighted by Gasteiger charge is 2.20. The van der Waals surface area contributed by atoms with Crippen LogP contribution in [0, 0.1) is 5.82 Å². The molecule has 162 valence electrons. The van der Waals surface area contributed by atoms with Crippen LogP contribution in [0.4, 0.5) is 4.39 Å². The third kappa shape index (κ3) is 3.80. The summed E-state index contributed by atoms with van der Waals surface area (Å²) < 4.78 is 15.8. The van der Waals surface area contributed by atoms with Crippen LogP contribution >= 0.6 is 0 Å². The van der Waals surface area contributed by atoms with E-state index in [9.17, 15) is 4.39 Å². The second-order valence-corrected chi connectivity index (χ2v) is 7.92. The predicted molar refractivity (Wildman–Crippen MR) is 133 cm³/mol. The number of hydrogen-bond donors (Lipinski definition) is 0. The van der Waals surface area contributed by atoms with Crippen molar-refractivity contribution in [1.82, 2.24) is 14.3 Å². The van der Waals surface area contributed by atoms with Crippen molar-refractivity contribution in [2.45, 2.75) is 13.0 Å². The Morgan fingerprint density at radius 2 is 1.73 bits per heavy atom. The zero-order valence-corrected chi connectivity index (χ0v) is 18.4. The Hall–Kier alpha value is -4.18. The van der Waals surface area contributed by atoms with E-state index >= 15 is 0 Å². The molecule has 4 heteroatoms. The molecule has 0 radical (unpaired) electrons. The minimum absolute atomic E-state index is 0.147. The number of halogens is 1. The van der Waals surface area contributed by atoms with Gasteiger partial charge in [-0.15, -0.1) is 0 Å².